The number of hydrogen-bond donors (Lipinski definition) is 0. The van der Waals surface area contributed by atoms with Gasteiger partial charge in [0.05, 0.1) is 15.5 Å². The second kappa shape index (κ2) is 3.06. The minimum absolute atomic E-state index is 0.234. The van der Waals surface area contributed by atoms with Gasteiger partial charge < -0.3 is 0 Å². The fourth-order valence-corrected chi connectivity index (χ4v) is 2.89. The average molecular weight is 206 g/mol. The summed E-state index contributed by atoms with van der Waals surface area (Å²) in [6.45, 7) is 6.06. The molecule has 0 saturated heterocycles. The van der Waals surface area contributed by atoms with Crippen LogP contribution in [0.25, 0.3) is 6.08 Å². The lowest BCUT2D eigenvalue weighted by atomic mass is 10.1. The Balaban J connectivity index is 2.61. The van der Waals surface area contributed by atoms with Gasteiger partial charge in [0.2, 0.25) is 0 Å². The summed E-state index contributed by atoms with van der Waals surface area (Å²) in [5.41, 5.74) is 2.31. The number of benzene rings is 1. The number of fused-ring (bicyclic) bond motifs is 1. The van der Waals surface area contributed by atoms with Gasteiger partial charge in [-0.1, -0.05) is 29.8 Å². The molecule has 0 spiro atoms. The molecule has 0 radical (unpaired) electrons. The molecule has 14 heavy (non-hydrogen) atoms. The van der Waals surface area contributed by atoms with Crippen LogP contribution in [0, 0.1) is 6.92 Å². The summed E-state index contributed by atoms with van der Waals surface area (Å²) in [5, 5.41) is 0. The molecule has 1 atom stereocenters. The van der Waals surface area contributed by atoms with Crippen LogP contribution in [0.2, 0.25) is 0 Å². The third-order valence-corrected chi connectivity index (χ3v) is 4.37. The van der Waals surface area contributed by atoms with Crippen molar-refractivity contribution in [2.75, 3.05) is 0 Å². The molecule has 2 heteroatoms. The molecule has 0 saturated carbocycles. The topological polar surface area (TPSA) is 17.1 Å². The van der Waals surface area contributed by atoms with Crippen LogP contribution >= 0.6 is 0 Å². The first-order valence-electron chi connectivity index (χ1n) is 4.72. The van der Waals surface area contributed by atoms with E-state index in [1.807, 2.05) is 32.1 Å². The molecule has 0 bridgehead atoms. The largest absolute Gasteiger partial charge is 0.253 e. The lowest BCUT2D eigenvalue weighted by Crippen LogP contribution is -2.26. The average Bonchev–Trinajstić information content (AvgIpc) is 2.12. The normalized spacial score (nSPS) is 23.2. The molecule has 1 nitrogen and oxygen atoms in total. The molecule has 0 fully saturated rings. The van der Waals surface area contributed by atoms with Gasteiger partial charge in [-0.05, 0) is 32.4 Å². The maximum absolute atomic E-state index is 12.1. The molecular formula is C12H14OS. The highest BCUT2D eigenvalue weighted by Gasteiger charge is 2.28. The standard InChI is InChI=1S/C12H14OS/c1-9-4-5-11-10(8-9)6-7-12(2,3)14(11)13/h4-8H,1-3H3/t14-/m0/s1. The zero-order chi connectivity index (χ0) is 10.3. The van der Waals surface area contributed by atoms with Crippen molar-refractivity contribution in [2.24, 2.45) is 0 Å². The van der Waals surface area contributed by atoms with Crippen molar-refractivity contribution >= 4 is 16.9 Å². The minimum Gasteiger partial charge on any atom is -0.253 e. The fourth-order valence-electron chi connectivity index (χ4n) is 1.60. The van der Waals surface area contributed by atoms with Crippen molar-refractivity contribution in [3.63, 3.8) is 0 Å². The van der Waals surface area contributed by atoms with Crippen LogP contribution in [-0.2, 0) is 10.8 Å². The second-order valence-electron chi connectivity index (χ2n) is 4.25. The first-order chi connectivity index (χ1) is 6.50. The molecule has 0 unspecified atom stereocenters. The van der Waals surface area contributed by atoms with Gasteiger partial charge in [-0.25, -0.2) is 0 Å². The van der Waals surface area contributed by atoms with E-state index in [0.717, 1.165) is 10.5 Å². The van der Waals surface area contributed by atoms with Crippen molar-refractivity contribution in [3.8, 4) is 0 Å². The first kappa shape index (κ1) is 9.66. The molecule has 1 aromatic rings. The van der Waals surface area contributed by atoms with Gasteiger partial charge in [0.1, 0.15) is 0 Å². The molecule has 74 valence electrons. The second-order valence-corrected chi connectivity index (χ2v) is 6.28. The molecule has 2 rings (SSSR count). The smallest absolute Gasteiger partial charge is 0.0632 e. The van der Waals surface area contributed by atoms with Crippen LogP contribution in [-0.4, -0.2) is 8.96 Å². The Kier molecular flexibility index (Phi) is 2.11. The lowest BCUT2D eigenvalue weighted by Gasteiger charge is -2.25. The highest BCUT2D eigenvalue weighted by molar-refractivity contribution is 7.86. The molecule has 0 aromatic heterocycles. The van der Waals surface area contributed by atoms with Gasteiger partial charge in [0, 0.05) is 4.90 Å². The van der Waals surface area contributed by atoms with Crippen molar-refractivity contribution in [3.05, 3.63) is 35.4 Å². The monoisotopic (exact) mass is 206 g/mol. The Bertz CT molecular complexity index is 430. The summed E-state index contributed by atoms with van der Waals surface area (Å²) in [4.78, 5) is 0.961. The van der Waals surface area contributed by atoms with E-state index in [1.54, 1.807) is 0 Å². The lowest BCUT2D eigenvalue weighted by molar-refractivity contribution is 0.662. The highest BCUT2D eigenvalue weighted by atomic mass is 32.2. The molecule has 1 aliphatic heterocycles. The maximum Gasteiger partial charge on any atom is 0.0632 e. The molecule has 0 aliphatic carbocycles. The fraction of sp³-hybridized carbons (Fsp3) is 0.333. The predicted octanol–water partition coefficient (Wildman–Crippen LogP) is 2.91. The third-order valence-electron chi connectivity index (χ3n) is 2.51. The Labute approximate surface area is 87.3 Å². The quantitative estimate of drug-likeness (QED) is 0.638. The summed E-state index contributed by atoms with van der Waals surface area (Å²) in [5.74, 6) is 0. The Morgan fingerprint density at radius 2 is 2.00 bits per heavy atom. The van der Waals surface area contributed by atoms with Crippen LogP contribution < -0.4 is 0 Å². The van der Waals surface area contributed by atoms with E-state index >= 15 is 0 Å². The van der Waals surface area contributed by atoms with Gasteiger partial charge in [-0.15, -0.1) is 0 Å². The van der Waals surface area contributed by atoms with Gasteiger partial charge in [0.25, 0.3) is 0 Å². The van der Waals surface area contributed by atoms with Crippen LogP contribution in [0.4, 0.5) is 0 Å². The van der Waals surface area contributed by atoms with E-state index in [0.29, 0.717) is 0 Å². The number of hydrogen-bond acceptors (Lipinski definition) is 1. The van der Waals surface area contributed by atoms with Crippen molar-refractivity contribution in [1.82, 2.24) is 0 Å². The SMILES string of the molecule is Cc1ccc2c(c1)C=CC(C)(C)[S@]2=O. The molecule has 0 N–H and O–H groups in total. The van der Waals surface area contributed by atoms with Gasteiger partial charge in [-0.2, -0.15) is 0 Å². The van der Waals surface area contributed by atoms with Gasteiger partial charge in [-0.3, -0.25) is 4.21 Å². The Morgan fingerprint density at radius 1 is 1.29 bits per heavy atom. The summed E-state index contributed by atoms with van der Waals surface area (Å²) < 4.78 is 11.9. The molecule has 1 aliphatic rings. The van der Waals surface area contributed by atoms with E-state index in [4.69, 9.17) is 0 Å². The van der Waals surface area contributed by atoms with E-state index in [9.17, 15) is 4.21 Å². The highest BCUT2D eigenvalue weighted by Crippen LogP contribution is 2.31. The van der Waals surface area contributed by atoms with Crippen LogP contribution in [0.1, 0.15) is 25.0 Å². The molecule has 0 amide bonds. The van der Waals surface area contributed by atoms with E-state index in [2.05, 4.69) is 19.1 Å². The van der Waals surface area contributed by atoms with Gasteiger partial charge >= 0.3 is 0 Å². The Morgan fingerprint density at radius 3 is 2.71 bits per heavy atom. The van der Waals surface area contributed by atoms with Gasteiger partial charge in [0.15, 0.2) is 0 Å². The van der Waals surface area contributed by atoms with Crippen LogP contribution in [0.15, 0.2) is 29.2 Å². The van der Waals surface area contributed by atoms with E-state index < -0.39 is 10.8 Å². The maximum atomic E-state index is 12.1. The van der Waals surface area contributed by atoms with Crippen LogP contribution in [0.3, 0.4) is 0 Å². The van der Waals surface area contributed by atoms with Crippen molar-refractivity contribution in [2.45, 2.75) is 30.4 Å². The van der Waals surface area contributed by atoms with E-state index in [1.165, 1.54) is 5.56 Å². The zero-order valence-electron chi connectivity index (χ0n) is 8.70. The number of rotatable bonds is 0. The summed E-state index contributed by atoms with van der Waals surface area (Å²) in [6, 6.07) is 6.08. The zero-order valence-corrected chi connectivity index (χ0v) is 9.52. The third kappa shape index (κ3) is 1.44. The summed E-state index contributed by atoms with van der Waals surface area (Å²) >= 11 is 0. The summed E-state index contributed by atoms with van der Waals surface area (Å²) in [7, 11) is -0.921. The first-order valence-corrected chi connectivity index (χ1v) is 5.87. The molecular weight excluding hydrogens is 192 g/mol. The molecule has 1 aromatic carbocycles. The van der Waals surface area contributed by atoms with Crippen LogP contribution in [0.5, 0.6) is 0 Å². The minimum atomic E-state index is -0.921. The molecule has 1 heterocycles. The van der Waals surface area contributed by atoms with E-state index in [-0.39, 0.29) is 4.75 Å². The summed E-state index contributed by atoms with van der Waals surface area (Å²) in [6.07, 6.45) is 4.11. The van der Waals surface area contributed by atoms with Crippen molar-refractivity contribution in [1.29, 1.82) is 0 Å². The number of aryl methyl sites for hydroxylation is 1. The predicted molar refractivity (Wildman–Crippen MR) is 60.7 cm³/mol. The Hall–Kier alpha value is -0.890. The van der Waals surface area contributed by atoms with Crippen molar-refractivity contribution < 1.29 is 4.21 Å².